The third-order valence-corrected chi connectivity index (χ3v) is 5.76. The van der Waals surface area contributed by atoms with Gasteiger partial charge in [-0.3, -0.25) is 9.98 Å². The van der Waals surface area contributed by atoms with Gasteiger partial charge in [0.25, 0.3) is 0 Å². The number of aromatic carboxylic acids is 1. The Kier molecular flexibility index (Phi) is 5.09. The van der Waals surface area contributed by atoms with Crippen LogP contribution in [0.5, 0.6) is 0 Å². The topological polar surface area (TPSA) is 87.5 Å². The van der Waals surface area contributed by atoms with Gasteiger partial charge in [-0.05, 0) is 67.5 Å². The normalized spacial score (nSPS) is 13.3. The van der Waals surface area contributed by atoms with Crippen molar-refractivity contribution in [3.8, 4) is 0 Å². The highest BCUT2D eigenvalue weighted by molar-refractivity contribution is 6.11. The molecule has 0 spiro atoms. The number of anilines is 2. The van der Waals surface area contributed by atoms with Crippen molar-refractivity contribution in [1.82, 2.24) is 9.97 Å². The maximum Gasteiger partial charge on any atom is 0.335 e. The summed E-state index contributed by atoms with van der Waals surface area (Å²) in [5, 5.41) is 15.2. The molecule has 5 rings (SSSR count). The summed E-state index contributed by atoms with van der Waals surface area (Å²) >= 11 is 0. The first-order chi connectivity index (χ1) is 15.9. The number of fused-ring (bicyclic) bond motifs is 3. The average Bonchev–Trinajstić information content (AvgIpc) is 3.20. The van der Waals surface area contributed by atoms with Crippen LogP contribution in [-0.2, 0) is 6.42 Å². The van der Waals surface area contributed by atoms with Crippen molar-refractivity contribution in [3.05, 3.63) is 82.9 Å². The number of rotatable bonds is 5. The first-order valence-electron chi connectivity index (χ1n) is 10.6. The number of hydrogen-bond acceptors (Lipinski definition) is 5. The number of nitrogens with zero attached hydrogens (tertiary/aromatic N) is 3. The van der Waals surface area contributed by atoms with E-state index < -0.39 is 5.97 Å². The van der Waals surface area contributed by atoms with E-state index in [1.54, 1.807) is 43.5 Å². The molecule has 7 heteroatoms. The Morgan fingerprint density at radius 2 is 1.94 bits per heavy atom. The molecular formula is C26H21FN4O2. The molecule has 0 fully saturated rings. The molecule has 3 heterocycles. The van der Waals surface area contributed by atoms with Gasteiger partial charge < -0.3 is 10.4 Å². The lowest BCUT2D eigenvalue weighted by atomic mass is 10.0. The largest absolute Gasteiger partial charge is 0.478 e. The van der Waals surface area contributed by atoms with Crippen LogP contribution in [0.4, 0.5) is 15.9 Å². The van der Waals surface area contributed by atoms with E-state index in [9.17, 15) is 14.3 Å². The number of aliphatic imine (C=N–C) groups is 1. The highest BCUT2D eigenvalue weighted by atomic mass is 19.1. The van der Waals surface area contributed by atoms with Crippen LogP contribution in [0.2, 0.25) is 0 Å². The number of aromatic nitrogens is 2. The molecule has 6 nitrogen and oxygen atoms in total. The summed E-state index contributed by atoms with van der Waals surface area (Å²) in [6, 6.07) is 11.7. The van der Waals surface area contributed by atoms with Crippen molar-refractivity contribution in [2.24, 2.45) is 4.99 Å². The van der Waals surface area contributed by atoms with Gasteiger partial charge in [0.05, 0.1) is 17.6 Å². The molecule has 0 bridgehead atoms. The maximum atomic E-state index is 13.8. The van der Waals surface area contributed by atoms with Crippen molar-refractivity contribution in [3.63, 3.8) is 0 Å². The van der Waals surface area contributed by atoms with Crippen molar-refractivity contribution >= 4 is 44.9 Å². The van der Waals surface area contributed by atoms with E-state index in [0.29, 0.717) is 35.6 Å². The predicted molar refractivity (Wildman–Crippen MR) is 128 cm³/mol. The van der Waals surface area contributed by atoms with Gasteiger partial charge in [-0.1, -0.05) is 6.07 Å². The second-order valence-corrected chi connectivity index (χ2v) is 8.24. The van der Waals surface area contributed by atoms with Crippen molar-refractivity contribution in [1.29, 1.82) is 0 Å². The van der Waals surface area contributed by atoms with Crippen molar-refractivity contribution in [2.75, 3.05) is 11.9 Å². The van der Waals surface area contributed by atoms with Crippen LogP contribution in [0.3, 0.4) is 0 Å². The summed E-state index contributed by atoms with van der Waals surface area (Å²) in [6.45, 7) is 4.36. The van der Waals surface area contributed by atoms with Crippen LogP contribution in [0.25, 0.3) is 21.7 Å². The number of allylic oxidation sites excluding steroid dienone is 1. The fraction of sp³-hybridized carbons (Fsp3) is 0.154. The number of benzene rings is 2. The summed E-state index contributed by atoms with van der Waals surface area (Å²) < 4.78 is 13.8. The number of pyridine rings is 2. The molecule has 33 heavy (non-hydrogen) atoms. The summed E-state index contributed by atoms with van der Waals surface area (Å²) in [6.07, 6.45) is 4.57. The molecule has 0 radical (unpaired) electrons. The van der Waals surface area contributed by atoms with E-state index in [4.69, 9.17) is 4.98 Å². The highest BCUT2D eigenvalue weighted by Crippen LogP contribution is 2.32. The lowest BCUT2D eigenvalue weighted by Gasteiger charge is -2.14. The Morgan fingerprint density at radius 1 is 1.09 bits per heavy atom. The second kappa shape index (κ2) is 8.09. The number of hydrogen-bond donors (Lipinski definition) is 2. The van der Waals surface area contributed by atoms with Gasteiger partial charge >= 0.3 is 5.97 Å². The Morgan fingerprint density at radius 3 is 2.67 bits per heavy atom. The lowest BCUT2D eigenvalue weighted by Crippen LogP contribution is -2.01. The number of nitrogens with one attached hydrogen (secondary N) is 1. The smallest absolute Gasteiger partial charge is 0.335 e. The number of aryl methyl sites for hydroxylation is 1. The molecule has 1 aliphatic heterocycles. The fourth-order valence-corrected chi connectivity index (χ4v) is 4.08. The van der Waals surface area contributed by atoms with E-state index >= 15 is 0 Å². The van der Waals surface area contributed by atoms with Crippen LogP contribution >= 0.6 is 0 Å². The number of carbonyl (C=O) groups is 1. The minimum atomic E-state index is -1.02. The van der Waals surface area contributed by atoms with Crippen LogP contribution in [0.1, 0.15) is 28.5 Å². The Hall–Kier alpha value is -4.13. The van der Waals surface area contributed by atoms with Crippen molar-refractivity contribution in [2.45, 2.75) is 20.3 Å². The highest BCUT2D eigenvalue weighted by Gasteiger charge is 2.14. The van der Waals surface area contributed by atoms with E-state index in [1.165, 1.54) is 11.6 Å². The van der Waals surface area contributed by atoms with Gasteiger partial charge in [0.1, 0.15) is 11.6 Å². The van der Waals surface area contributed by atoms with Gasteiger partial charge in [-0.25, -0.2) is 14.2 Å². The third-order valence-electron chi connectivity index (χ3n) is 5.76. The van der Waals surface area contributed by atoms with E-state index in [-0.39, 0.29) is 11.4 Å². The summed E-state index contributed by atoms with van der Waals surface area (Å²) in [5.41, 5.74) is 5.01. The minimum absolute atomic E-state index is 0.158. The Balaban J connectivity index is 1.66. The van der Waals surface area contributed by atoms with Gasteiger partial charge in [-0.15, -0.1) is 0 Å². The van der Waals surface area contributed by atoms with E-state index in [0.717, 1.165) is 27.6 Å². The predicted octanol–water partition coefficient (Wildman–Crippen LogP) is 5.62. The number of halogens is 1. The summed E-state index contributed by atoms with van der Waals surface area (Å²) in [4.78, 5) is 25.3. The van der Waals surface area contributed by atoms with Crippen LogP contribution in [0, 0.1) is 12.7 Å². The van der Waals surface area contributed by atoms with Crippen LogP contribution < -0.4 is 5.32 Å². The molecule has 4 aromatic rings. The van der Waals surface area contributed by atoms with Gasteiger partial charge in [-0.2, -0.15) is 0 Å². The molecule has 0 unspecified atom stereocenters. The number of carboxylic acids is 1. The first-order valence-corrected chi connectivity index (χ1v) is 10.6. The zero-order chi connectivity index (χ0) is 23.1. The van der Waals surface area contributed by atoms with Crippen LogP contribution in [-0.4, -0.2) is 33.3 Å². The van der Waals surface area contributed by atoms with E-state index in [2.05, 4.69) is 21.4 Å². The minimum Gasteiger partial charge on any atom is -0.478 e. The molecule has 0 saturated carbocycles. The molecule has 2 aromatic carbocycles. The molecular weight excluding hydrogens is 419 g/mol. The molecule has 1 aliphatic rings. The molecule has 0 amide bonds. The molecule has 0 saturated heterocycles. The lowest BCUT2D eigenvalue weighted by molar-refractivity contribution is 0.0697. The zero-order valence-electron chi connectivity index (χ0n) is 18.2. The molecule has 0 aliphatic carbocycles. The number of carboxylic acid groups (broad SMARTS) is 1. The second-order valence-electron chi connectivity index (χ2n) is 8.24. The fourth-order valence-electron chi connectivity index (χ4n) is 4.08. The molecule has 164 valence electrons. The van der Waals surface area contributed by atoms with E-state index in [1.807, 2.05) is 13.0 Å². The van der Waals surface area contributed by atoms with Crippen LogP contribution in [0.15, 0.2) is 65.3 Å². The average molecular weight is 440 g/mol. The van der Waals surface area contributed by atoms with Gasteiger partial charge in [0, 0.05) is 45.9 Å². The summed E-state index contributed by atoms with van der Waals surface area (Å²) in [5.74, 6) is -0.738. The maximum absolute atomic E-state index is 13.8. The standard InChI is InChI=1S/C26H21FN4O2/c1-14-7-18(4-6-23(14)27)30-25-21-11-19(9-16-8-15(2)28-12-16)29-13-22(21)20-5-3-17(26(32)33)10-24(20)31-25/h3-8,10-11,13H,9,12H2,1-2H3,(H,30,31)(H,32,33). The Labute approximate surface area is 189 Å². The molecule has 2 N–H and O–H groups in total. The SMILES string of the molecule is CC1=NCC(Cc2cc3c(Nc4ccc(F)c(C)c4)nc4cc(C(=O)O)ccc4c3cn2)=C1. The van der Waals surface area contributed by atoms with Gasteiger partial charge in [0.2, 0.25) is 0 Å². The zero-order valence-corrected chi connectivity index (χ0v) is 18.2. The van der Waals surface area contributed by atoms with Crippen molar-refractivity contribution < 1.29 is 14.3 Å². The third kappa shape index (κ3) is 4.05. The monoisotopic (exact) mass is 440 g/mol. The quantitative estimate of drug-likeness (QED) is 0.394. The molecule has 0 atom stereocenters. The summed E-state index contributed by atoms with van der Waals surface area (Å²) in [7, 11) is 0. The Bertz CT molecular complexity index is 1510. The molecule has 2 aromatic heterocycles. The first kappa shape index (κ1) is 20.8. The van der Waals surface area contributed by atoms with Gasteiger partial charge in [0.15, 0.2) is 0 Å².